The van der Waals surface area contributed by atoms with Crippen LogP contribution in [0.5, 0.6) is 0 Å². The maximum absolute atomic E-state index is 11.2. The zero-order valence-corrected chi connectivity index (χ0v) is 9.91. The number of likely N-dealkylation sites (N-methyl/N-ethyl adjacent to an activating group) is 1. The number of carbonyl (C=O) groups is 1. The van der Waals surface area contributed by atoms with E-state index >= 15 is 0 Å². The van der Waals surface area contributed by atoms with Gasteiger partial charge in [0.1, 0.15) is 5.78 Å². The van der Waals surface area contributed by atoms with Crippen LogP contribution in [0.2, 0.25) is 0 Å². The zero-order valence-electron chi connectivity index (χ0n) is 9.91. The van der Waals surface area contributed by atoms with Gasteiger partial charge >= 0.3 is 0 Å². The van der Waals surface area contributed by atoms with Gasteiger partial charge in [0.2, 0.25) is 0 Å². The molecule has 0 aromatic rings. The Hall–Kier alpha value is -0.410. The van der Waals surface area contributed by atoms with Crippen LogP contribution in [0.25, 0.3) is 0 Å². The van der Waals surface area contributed by atoms with Gasteiger partial charge in [-0.15, -0.1) is 0 Å². The van der Waals surface area contributed by atoms with Crippen LogP contribution in [-0.2, 0) is 4.79 Å². The van der Waals surface area contributed by atoms with Crippen molar-refractivity contribution in [2.45, 2.75) is 44.2 Å². The summed E-state index contributed by atoms with van der Waals surface area (Å²) < 4.78 is 0. The monoisotopic (exact) mass is 210 g/mol. The summed E-state index contributed by atoms with van der Waals surface area (Å²) in [5, 5.41) is 0. The van der Waals surface area contributed by atoms with Gasteiger partial charge in [-0.3, -0.25) is 9.69 Å². The quantitative estimate of drug-likeness (QED) is 0.683. The number of ketones is 1. The summed E-state index contributed by atoms with van der Waals surface area (Å²) in [4.78, 5) is 16.1. The van der Waals surface area contributed by atoms with Gasteiger partial charge in [-0.1, -0.05) is 0 Å². The van der Waals surface area contributed by atoms with E-state index in [2.05, 4.69) is 23.9 Å². The fourth-order valence-corrected chi connectivity index (χ4v) is 2.81. The standard InChI is InChI=1S/C12H22N2O/c1-13(2)11-7-8-14(9-11)10-3-5-12(15)6-4-10/h10-11H,3-9H2,1-2H3. The molecule has 2 aliphatic rings. The summed E-state index contributed by atoms with van der Waals surface area (Å²) in [6.07, 6.45) is 5.11. The van der Waals surface area contributed by atoms with Crippen molar-refractivity contribution >= 4 is 5.78 Å². The van der Waals surface area contributed by atoms with Crippen molar-refractivity contribution in [3.05, 3.63) is 0 Å². The van der Waals surface area contributed by atoms with Crippen molar-refractivity contribution in [1.29, 1.82) is 0 Å². The molecule has 1 heterocycles. The molecular formula is C12H22N2O. The van der Waals surface area contributed by atoms with Crippen molar-refractivity contribution in [2.75, 3.05) is 27.2 Å². The van der Waals surface area contributed by atoms with Crippen molar-refractivity contribution in [3.63, 3.8) is 0 Å². The normalized spacial score (nSPS) is 30.3. The molecule has 2 rings (SSSR count). The fraction of sp³-hybridized carbons (Fsp3) is 0.917. The van der Waals surface area contributed by atoms with Crippen LogP contribution in [0.1, 0.15) is 32.1 Å². The molecule has 0 N–H and O–H groups in total. The second-order valence-corrected chi connectivity index (χ2v) is 5.17. The van der Waals surface area contributed by atoms with Gasteiger partial charge in [-0.2, -0.15) is 0 Å². The molecular weight excluding hydrogens is 188 g/mol. The van der Waals surface area contributed by atoms with E-state index in [0.717, 1.165) is 31.7 Å². The number of hydrogen-bond donors (Lipinski definition) is 0. The predicted octanol–water partition coefficient (Wildman–Crippen LogP) is 1.13. The van der Waals surface area contributed by atoms with Crippen LogP contribution >= 0.6 is 0 Å². The molecule has 15 heavy (non-hydrogen) atoms. The van der Waals surface area contributed by atoms with E-state index in [-0.39, 0.29) is 0 Å². The van der Waals surface area contributed by atoms with E-state index in [9.17, 15) is 4.79 Å². The van der Waals surface area contributed by atoms with Crippen molar-refractivity contribution in [1.82, 2.24) is 9.80 Å². The summed E-state index contributed by atoms with van der Waals surface area (Å²) >= 11 is 0. The Balaban J connectivity index is 1.83. The molecule has 1 aliphatic carbocycles. The average Bonchev–Trinajstić information content (AvgIpc) is 2.68. The molecule has 1 aliphatic heterocycles. The number of hydrogen-bond acceptors (Lipinski definition) is 3. The minimum atomic E-state index is 0.467. The lowest BCUT2D eigenvalue weighted by molar-refractivity contribution is -0.121. The highest BCUT2D eigenvalue weighted by Gasteiger charge is 2.31. The second-order valence-electron chi connectivity index (χ2n) is 5.17. The van der Waals surface area contributed by atoms with Gasteiger partial charge in [-0.05, 0) is 33.4 Å². The van der Waals surface area contributed by atoms with Gasteiger partial charge < -0.3 is 4.90 Å². The summed E-state index contributed by atoms with van der Waals surface area (Å²) in [6.45, 7) is 2.42. The highest BCUT2D eigenvalue weighted by atomic mass is 16.1. The first-order chi connectivity index (χ1) is 7.16. The third-order valence-corrected chi connectivity index (χ3v) is 3.95. The molecule has 86 valence electrons. The Labute approximate surface area is 92.4 Å². The smallest absolute Gasteiger partial charge is 0.133 e. The number of Topliss-reactive ketones (excluding diaryl/α,β-unsaturated/α-hetero) is 1. The Kier molecular flexibility index (Phi) is 3.42. The Morgan fingerprint density at radius 1 is 1.20 bits per heavy atom. The van der Waals surface area contributed by atoms with Crippen LogP contribution in [0, 0.1) is 0 Å². The van der Waals surface area contributed by atoms with Gasteiger partial charge in [-0.25, -0.2) is 0 Å². The molecule has 2 fully saturated rings. The van der Waals surface area contributed by atoms with E-state index in [1.165, 1.54) is 19.5 Å². The molecule has 0 aromatic heterocycles. The van der Waals surface area contributed by atoms with E-state index < -0.39 is 0 Å². The van der Waals surface area contributed by atoms with Crippen molar-refractivity contribution in [3.8, 4) is 0 Å². The first-order valence-electron chi connectivity index (χ1n) is 6.09. The zero-order chi connectivity index (χ0) is 10.8. The first kappa shape index (κ1) is 11.1. The molecule has 3 heteroatoms. The lowest BCUT2D eigenvalue weighted by atomic mass is 9.93. The summed E-state index contributed by atoms with van der Waals surface area (Å²) in [6, 6.07) is 1.41. The van der Waals surface area contributed by atoms with Crippen LogP contribution in [0.3, 0.4) is 0 Å². The SMILES string of the molecule is CN(C)C1CCN(C2CCC(=O)CC2)C1. The van der Waals surface area contributed by atoms with Crippen LogP contribution in [-0.4, -0.2) is 54.9 Å². The first-order valence-corrected chi connectivity index (χ1v) is 6.09. The molecule has 1 unspecified atom stereocenters. The lowest BCUT2D eigenvalue weighted by Gasteiger charge is -2.31. The van der Waals surface area contributed by atoms with E-state index in [0.29, 0.717) is 11.8 Å². The molecule has 0 bridgehead atoms. The maximum atomic E-state index is 11.2. The molecule has 0 radical (unpaired) electrons. The van der Waals surface area contributed by atoms with Gasteiger partial charge in [0, 0.05) is 38.0 Å². The third-order valence-electron chi connectivity index (χ3n) is 3.95. The van der Waals surface area contributed by atoms with Crippen molar-refractivity contribution in [2.24, 2.45) is 0 Å². The molecule has 1 saturated heterocycles. The molecule has 1 saturated carbocycles. The number of carbonyl (C=O) groups excluding carboxylic acids is 1. The maximum Gasteiger partial charge on any atom is 0.133 e. The Bertz CT molecular complexity index is 230. The molecule has 1 atom stereocenters. The van der Waals surface area contributed by atoms with Gasteiger partial charge in [0.15, 0.2) is 0 Å². The highest BCUT2D eigenvalue weighted by molar-refractivity contribution is 5.79. The number of likely N-dealkylation sites (tertiary alicyclic amines) is 1. The highest BCUT2D eigenvalue weighted by Crippen LogP contribution is 2.25. The number of rotatable bonds is 2. The molecule has 0 amide bonds. The fourth-order valence-electron chi connectivity index (χ4n) is 2.81. The minimum absolute atomic E-state index is 0.467. The second kappa shape index (κ2) is 4.62. The molecule has 0 spiro atoms. The predicted molar refractivity (Wildman–Crippen MR) is 60.9 cm³/mol. The van der Waals surface area contributed by atoms with Crippen molar-refractivity contribution < 1.29 is 4.79 Å². The van der Waals surface area contributed by atoms with Crippen LogP contribution in [0.15, 0.2) is 0 Å². The van der Waals surface area contributed by atoms with Gasteiger partial charge in [0.25, 0.3) is 0 Å². The summed E-state index contributed by atoms with van der Waals surface area (Å²) in [7, 11) is 4.33. The Morgan fingerprint density at radius 2 is 1.87 bits per heavy atom. The average molecular weight is 210 g/mol. The topological polar surface area (TPSA) is 23.6 Å². The third kappa shape index (κ3) is 2.58. The van der Waals surface area contributed by atoms with E-state index in [1.54, 1.807) is 0 Å². The van der Waals surface area contributed by atoms with E-state index in [1.807, 2.05) is 0 Å². The van der Waals surface area contributed by atoms with Gasteiger partial charge in [0.05, 0.1) is 0 Å². The minimum Gasteiger partial charge on any atom is -0.305 e. The molecule has 3 nitrogen and oxygen atoms in total. The summed E-state index contributed by atoms with van der Waals surface area (Å²) in [5.41, 5.74) is 0. The van der Waals surface area contributed by atoms with Crippen LogP contribution in [0.4, 0.5) is 0 Å². The Morgan fingerprint density at radius 3 is 2.40 bits per heavy atom. The molecule has 0 aromatic carbocycles. The number of nitrogens with zero attached hydrogens (tertiary/aromatic N) is 2. The van der Waals surface area contributed by atoms with E-state index in [4.69, 9.17) is 0 Å². The summed E-state index contributed by atoms with van der Waals surface area (Å²) in [5.74, 6) is 0.467. The largest absolute Gasteiger partial charge is 0.305 e. The lowest BCUT2D eigenvalue weighted by Crippen LogP contribution is -2.39. The van der Waals surface area contributed by atoms with Crippen LogP contribution < -0.4 is 0 Å².